The van der Waals surface area contributed by atoms with Crippen molar-refractivity contribution in [3.63, 3.8) is 0 Å². The summed E-state index contributed by atoms with van der Waals surface area (Å²) in [4.78, 5) is 7.39. The standard InChI is InChI=1S/3C45H25N5/c1-48-32-20-23-37-39-25-29(27-46)17-24-42(39)50(44(37)26-32)43-16-8-9-31(28-47)45(43)38-13-3-2-10-34(38)30-18-21-33(22-19-30)49-40-14-6-4-11-35(40)36-12-5-7-15-41(36)49;1-48-32-20-24-43-39(26-32)38-25-29(27-46)17-23-42(38)50(43)44-16-8-9-31(28-47)45(44)37-13-3-2-10-34(37)30-18-21-33(22-19-30)49-40-14-6-4-11-35(40)36-12-5-7-15-41(36)49;46-26-29-19-24-41-38(25-29)45-32(28-48)10-8-18-43(45)50(41)42-17-7-9-31(27-47)44(42)37-14-2-1-11-34(37)30-20-22-33(23-21-30)49-39-15-5-3-12-35(39)36-13-4-6-16-40(36)49/h2*2-26H;1-25H. The molecule has 0 fully saturated rings. The lowest BCUT2D eigenvalue weighted by Gasteiger charge is -2.18. The Hall–Kier alpha value is -22.2. The summed E-state index contributed by atoms with van der Waals surface area (Å²) in [5, 5.41) is 83.3. The summed E-state index contributed by atoms with van der Waals surface area (Å²) >= 11 is 0. The number of nitriles is 7. The molecule has 6 aromatic heterocycles. The van der Waals surface area contributed by atoms with Gasteiger partial charge < -0.3 is 27.4 Å². The zero-order valence-corrected chi connectivity index (χ0v) is 80.0. The van der Waals surface area contributed by atoms with E-state index >= 15 is 0 Å². The maximum Gasteiger partial charge on any atom is 0.189 e. The first-order chi connectivity index (χ1) is 74.0. The molecule has 150 heavy (non-hydrogen) atoms. The molecule has 0 radical (unpaired) electrons. The summed E-state index contributed by atoms with van der Waals surface area (Å²) in [6.07, 6.45) is 0. The van der Waals surface area contributed by atoms with Crippen LogP contribution >= 0.6 is 0 Å². The van der Waals surface area contributed by atoms with Crippen molar-refractivity contribution >= 4 is 142 Å². The summed E-state index contributed by atoms with van der Waals surface area (Å²) in [6, 6.07) is 169. The molecular weight excluding hydrogens is 1830 g/mol. The SMILES string of the molecule is N#Cc1ccc2c(c1)c1c(C#N)cccc1n2-c1cccc(C#N)c1-c1ccccc1-c1ccc(-n2c3ccccc3c3ccccc32)cc1.[C-]#[N+]c1ccc2c(c1)c1cc(C#N)ccc1n2-c1cccc(C#N)c1-c1ccccc1-c1ccc(-n2c3ccccc3c3ccccc32)cc1.[C-]#[N+]c1ccc2c3cc(C#N)ccc3n(-c3cccc(C#N)c3-c3ccccc3-c3ccc(-n4c5ccccc5c5ccccc54)cc3)c2c1. The summed E-state index contributed by atoms with van der Waals surface area (Å²) < 4.78 is 13.3. The van der Waals surface area contributed by atoms with E-state index < -0.39 is 0 Å². The third-order valence-corrected chi connectivity index (χ3v) is 28.9. The third kappa shape index (κ3) is 14.7. The lowest BCUT2D eigenvalue weighted by molar-refractivity contribution is 1.18. The molecule has 0 saturated heterocycles. The Morgan fingerprint density at radius 1 is 0.173 bits per heavy atom. The number of hydrogen-bond donors (Lipinski definition) is 0. The van der Waals surface area contributed by atoms with E-state index in [-0.39, 0.29) is 0 Å². The summed E-state index contributed by atoms with van der Waals surface area (Å²) in [5.41, 5.74) is 34.0. The molecule has 6 heterocycles. The molecule has 0 bridgehead atoms. The normalized spacial score (nSPS) is 11.1. The highest BCUT2D eigenvalue weighted by Gasteiger charge is 2.29. The van der Waals surface area contributed by atoms with Gasteiger partial charge in [-0.2, -0.15) is 36.8 Å². The van der Waals surface area contributed by atoms with Crippen LogP contribution in [-0.4, -0.2) is 27.4 Å². The number of benzene rings is 21. The average Bonchev–Trinajstić information content (AvgIpc) is 1.45. The van der Waals surface area contributed by atoms with Gasteiger partial charge in [-0.15, -0.1) is 0 Å². The van der Waals surface area contributed by atoms with Gasteiger partial charge in [0.15, 0.2) is 11.4 Å². The molecule has 21 aromatic carbocycles. The van der Waals surface area contributed by atoms with Crippen LogP contribution in [0.4, 0.5) is 11.4 Å². The van der Waals surface area contributed by atoms with Crippen LogP contribution in [0.15, 0.2) is 455 Å². The molecular formula is C135H75N15. The van der Waals surface area contributed by atoms with Crippen LogP contribution in [-0.2, 0) is 0 Å². The quantitative estimate of drug-likeness (QED) is 0.108. The zero-order chi connectivity index (χ0) is 101. The van der Waals surface area contributed by atoms with E-state index in [0.717, 1.165) is 199 Å². The predicted molar refractivity (Wildman–Crippen MR) is 604 cm³/mol. The van der Waals surface area contributed by atoms with Crippen LogP contribution < -0.4 is 0 Å². The zero-order valence-electron chi connectivity index (χ0n) is 80.0. The molecule has 0 N–H and O–H groups in total. The van der Waals surface area contributed by atoms with Crippen molar-refractivity contribution in [3.05, 3.63) is 517 Å². The van der Waals surface area contributed by atoms with Gasteiger partial charge in [-0.05, 0) is 250 Å². The average molecular weight is 1910 g/mol. The molecule has 0 aliphatic carbocycles. The highest BCUT2D eigenvalue weighted by Crippen LogP contribution is 2.49. The van der Waals surface area contributed by atoms with E-state index in [0.29, 0.717) is 50.3 Å². The monoisotopic (exact) mass is 1910 g/mol. The van der Waals surface area contributed by atoms with Gasteiger partial charge in [0, 0.05) is 98.5 Å². The summed E-state index contributed by atoms with van der Waals surface area (Å²) in [5.74, 6) is 0. The van der Waals surface area contributed by atoms with Gasteiger partial charge in [0.2, 0.25) is 0 Å². The van der Waals surface area contributed by atoms with Crippen molar-refractivity contribution in [1.29, 1.82) is 36.8 Å². The molecule has 0 atom stereocenters. The molecule has 0 aliphatic heterocycles. The van der Waals surface area contributed by atoms with E-state index in [2.05, 4.69) is 334 Å². The number of hydrogen-bond acceptors (Lipinski definition) is 7. The first kappa shape index (κ1) is 89.2. The second-order valence-electron chi connectivity index (χ2n) is 36.8. The lowest BCUT2D eigenvalue weighted by Crippen LogP contribution is -2.00. The van der Waals surface area contributed by atoms with Crippen molar-refractivity contribution < 1.29 is 0 Å². The van der Waals surface area contributed by atoms with Gasteiger partial charge >= 0.3 is 0 Å². The minimum atomic E-state index is 0.517. The topological polar surface area (TPSA) is 205 Å². The van der Waals surface area contributed by atoms with Crippen molar-refractivity contribution in [1.82, 2.24) is 27.4 Å². The van der Waals surface area contributed by atoms with Gasteiger partial charge in [-0.25, -0.2) is 9.69 Å². The number of para-hydroxylation sites is 6. The molecule has 0 spiro atoms. The summed E-state index contributed by atoms with van der Waals surface area (Å²) in [6.45, 7) is 15.4. The van der Waals surface area contributed by atoms with Gasteiger partial charge in [0.25, 0.3) is 0 Å². The molecule has 27 aromatic rings. The van der Waals surface area contributed by atoms with Crippen molar-refractivity contribution in [2.45, 2.75) is 0 Å². The number of nitrogens with zero attached hydrogens (tertiary/aromatic N) is 15. The first-order valence-corrected chi connectivity index (χ1v) is 48.8. The molecule has 0 saturated carbocycles. The summed E-state index contributed by atoms with van der Waals surface area (Å²) in [7, 11) is 0. The van der Waals surface area contributed by atoms with Gasteiger partial charge in [0.1, 0.15) is 0 Å². The van der Waals surface area contributed by atoms with Gasteiger partial charge in [-0.1, -0.05) is 261 Å². The maximum absolute atomic E-state index is 10.5. The highest BCUT2D eigenvalue weighted by atomic mass is 15.0. The molecule has 15 nitrogen and oxygen atoms in total. The largest absolute Gasteiger partial charge is 0.310 e. The molecule has 27 rings (SSSR count). The fourth-order valence-electron chi connectivity index (χ4n) is 22.4. The molecule has 0 amide bonds. The van der Waals surface area contributed by atoms with Crippen molar-refractivity contribution in [2.75, 3.05) is 0 Å². The fraction of sp³-hybridized carbons (Fsp3) is 0. The Bertz CT molecular complexity index is 10300. The molecule has 690 valence electrons. The Kier molecular flexibility index (Phi) is 22.0. The third-order valence-electron chi connectivity index (χ3n) is 28.9. The van der Waals surface area contributed by atoms with E-state index in [4.69, 9.17) is 13.1 Å². The van der Waals surface area contributed by atoms with E-state index in [9.17, 15) is 36.8 Å². The smallest absolute Gasteiger partial charge is 0.189 e. The second kappa shape index (κ2) is 37.0. The second-order valence-corrected chi connectivity index (χ2v) is 36.8. The highest BCUT2D eigenvalue weighted by molar-refractivity contribution is 6.17. The van der Waals surface area contributed by atoms with Crippen LogP contribution in [0, 0.1) is 92.5 Å². The molecule has 15 heteroatoms. The van der Waals surface area contributed by atoms with Gasteiger partial charge in [-0.3, -0.25) is 0 Å². The Morgan fingerprint density at radius 2 is 0.427 bits per heavy atom. The van der Waals surface area contributed by atoms with Crippen LogP contribution in [0.5, 0.6) is 0 Å². The van der Waals surface area contributed by atoms with Crippen molar-refractivity contribution in [2.24, 2.45) is 0 Å². The minimum Gasteiger partial charge on any atom is -0.310 e. The number of rotatable bonds is 12. The molecule has 0 aliphatic rings. The predicted octanol–water partition coefficient (Wildman–Crippen LogP) is 33.8. The van der Waals surface area contributed by atoms with E-state index in [1.54, 1.807) is 12.1 Å². The first-order valence-electron chi connectivity index (χ1n) is 48.8. The fourth-order valence-corrected chi connectivity index (χ4v) is 22.4. The van der Waals surface area contributed by atoms with E-state index in [1.807, 2.05) is 188 Å². The van der Waals surface area contributed by atoms with Crippen LogP contribution in [0.3, 0.4) is 0 Å². The Balaban J connectivity index is 0.000000116. The van der Waals surface area contributed by atoms with Gasteiger partial charge in [0.05, 0.1) is 172 Å². The molecule has 0 unspecified atom stereocenters. The van der Waals surface area contributed by atoms with E-state index in [1.165, 1.54) is 32.3 Å². The number of aromatic nitrogens is 6. The maximum atomic E-state index is 10.5. The van der Waals surface area contributed by atoms with Crippen molar-refractivity contribution in [3.8, 4) is 143 Å². The number of fused-ring (bicyclic) bond motifs is 18. The van der Waals surface area contributed by atoms with Crippen LogP contribution in [0.2, 0.25) is 0 Å². The lowest BCUT2D eigenvalue weighted by atomic mass is 9.90. The minimum absolute atomic E-state index is 0.517. The van der Waals surface area contributed by atoms with Crippen LogP contribution in [0.1, 0.15) is 38.9 Å². The Labute approximate surface area is 860 Å². The van der Waals surface area contributed by atoms with Crippen LogP contribution in [0.25, 0.3) is 241 Å². The Morgan fingerprint density at radius 3 is 0.773 bits per heavy atom.